The number of ether oxygens (including phenoxy) is 1. The van der Waals surface area contributed by atoms with Crippen LogP contribution in [0.2, 0.25) is 0 Å². The summed E-state index contributed by atoms with van der Waals surface area (Å²) < 4.78 is 19.5. The quantitative estimate of drug-likeness (QED) is 0.672. The van der Waals surface area contributed by atoms with Gasteiger partial charge in [-0.3, -0.25) is 4.79 Å². The summed E-state index contributed by atoms with van der Waals surface area (Å²) in [5.41, 5.74) is 7.41. The molecule has 1 aliphatic rings. The highest BCUT2D eigenvalue weighted by Gasteiger charge is 2.31. The first kappa shape index (κ1) is 15.5. The van der Waals surface area contributed by atoms with Crippen LogP contribution >= 0.6 is 0 Å². The van der Waals surface area contributed by atoms with Crippen LogP contribution in [0.3, 0.4) is 0 Å². The summed E-state index contributed by atoms with van der Waals surface area (Å²) in [6.45, 7) is 0.397. The van der Waals surface area contributed by atoms with Crippen LogP contribution in [-0.4, -0.2) is 17.6 Å². The summed E-state index contributed by atoms with van der Waals surface area (Å²) in [5.74, 6) is -1.44. The fourth-order valence-corrected chi connectivity index (χ4v) is 3.01. The summed E-state index contributed by atoms with van der Waals surface area (Å²) in [6.07, 6.45) is 1.03. The van der Waals surface area contributed by atoms with Crippen molar-refractivity contribution in [2.24, 2.45) is 5.73 Å². The third-order valence-electron chi connectivity index (χ3n) is 4.14. The molecule has 5 heteroatoms. The van der Waals surface area contributed by atoms with E-state index in [9.17, 15) is 14.3 Å². The van der Waals surface area contributed by atoms with E-state index in [1.165, 1.54) is 6.07 Å². The third kappa shape index (κ3) is 3.05. The van der Waals surface area contributed by atoms with Crippen molar-refractivity contribution < 1.29 is 19.0 Å². The molecule has 2 aromatic carbocycles. The molecule has 0 saturated carbocycles. The molecule has 0 spiro atoms. The minimum absolute atomic E-state index is 0.180. The van der Waals surface area contributed by atoms with Crippen LogP contribution in [0.1, 0.15) is 35.4 Å². The molecule has 1 atom stereocenters. The molecule has 2 aromatic rings. The Morgan fingerprint density at radius 1 is 1.30 bits per heavy atom. The number of benzene rings is 2. The number of hydrogen-bond donors (Lipinski definition) is 2. The van der Waals surface area contributed by atoms with E-state index in [2.05, 4.69) is 0 Å². The van der Waals surface area contributed by atoms with Crippen LogP contribution in [0.5, 0.6) is 11.5 Å². The molecular formula is C18H18FNO3. The van der Waals surface area contributed by atoms with Crippen LogP contribution in [0.4, 0.5) is 4.39 Å². The summed E-state index contributed by atoms with van der Waals surface area (Å²) in [4.78, 5) is 11.9. The van der Waals surface area contributed by atoms with Gasteiger partial charge in [0.1, 0.15) is 5.75 Å². The highest BCUT2D eigenvalue weighted by molar-refractivity contribution is 5.78. The largest absolute Gasteiger partial charge is 0.505 e. The van der Waals surface area contributed by atoms with Gasteiger partial charge >= 0.3 is 5.97 Å². The Morgan fingerprint density at radius 3 is 2.74 bits per heavy atom. The lowest BCUT2D eigenvalue weighted by molar-refractivity contribution is -0.136. The number of phenols is 1. The van der Waals surface area contributed by atoms with E-state index in [1.54, 1.807) is 0 Å². The molecule has 1 unspecified atom stereocenters. The van der Waals surface area contributed by atoms with Crippen molar-refractivity contribution in [3.05, 3.63) is 58.9 Å². The van der Waals surface area contributed by atoms with Gasteiger partial charge in [-0.25, -0.2) is 4.39 Å². The number of esters is 1. The zero-order valence-corrected chi connectivity index (χ0v) is 12.6. The molecule has 3 rings (SSSR count). The lowest BCUT2D eigenvalue weighted by Gasteiger charge is -2.26. The van der Waals surface area contributed by atoms with Gasteiger partial charge in [-0.15, -0.1) is 0 Å². The molecule has 0 radical (unpaired) electrons. The van der Waals surface area contributed by atoms with Crippen molar-refractivity contribution in [2.75, 3.05) is 6.54 Å². The molecule has 23 heavy (non-hydrogen) atoms. The second-order valence-corrected chi connectivity index (χ2v) is 5.72. The number of hydrogen-bond acceptors (Lipinski definition) is 4. The van der Waals surface area contributed by atoms with Crippen molar-refractivity contribution in [1.82, 2.24) is 0 Å². The van der Waals surface area contributed by atoms with E-state index >= 15 is 0 Å². The fourth-order valence-electron chi connectivity index (χ4n) is 3.01. The van der Waals surface area contributed by atoms with Crippen molar-refractivity contribution in [1.29, 1.82) is 0 Å². The first-order valence-corrected chi connectivity index (χ1v) is 7.59. The van der Waals surface area contributed by atoms with Crippen LogP contribution in [0.25, 0.3) is 0 Å². The van der Waals surface area contributed by atoms with E-state index in [1.807, 2.05) is 30.3 Å². The molecule has 0 aromatic heterocycles. The number of fused-ring (bicyclic) bond motifs is 1. The lowest BCUT2D eigenvalue weighted by Crippen LogP contribution is -2.23. The lowest BCUT2D eigenvalue weighted by atomic mass is 9.87. The monoisotopic (exact) mass is 315 g/mol. The van der Waals surface area contributed by atoms with Gasteiger partial charge in [-0.05, 0) is 30.5 Å². The molecule has 0 saturated heterocycles. The van der Waals surface area contributed by atoms with E-state index in [4.69, 9.17) is 10.5 Å². The maximum atomic E-state index is 14.2. The zero-order chi connectivity index (χ0) is 16.4. The summed E-state index contributed by atoms with van der Waals surface area (Å²) >= 11 is 0. The number of carbonyl (C=O) groups excluding carboxylic acids is 1. The maximum Gasteiger partial charge on any atom is 0.311 e. The molecule has 4 nitrogen and oxygen atoms in total. The van der Waals surface area contributed by atoms with Gasteiger partial charge in [0, 0.05) is 17.5 Å². The molecule has 3 N–H and O–H groups in total. The number of rotatable bonds is 4. The van der Waals surface area contributed by atoms with Gasteiger partial charge < -0.3 is 15.6 Å². The van der Waals surface area contributed by atoms with Crippen LogP contribution in [-0.2, 0) is 11.2 Å². The predicted molar refractivity (Wildman–Crippen MR) is 84.0 cm³/mol. The summed E-state index contributed by atoms with van der Waals surface area (Å²) in [6, 6.07) is 10.6. The Kier molecular flexibility index (Phi) is 4.30. The molecular weight excluding hydrogens is 297 g/mol. The predicted octanol–water partition coefficient (Wildman–Crippen LogP) is 2.86. The van der Waals surface area contributed by atoms with E-state index in [-0.39, 0.29) is 30.5 Å². The van der Waals surface area contributed by atoms with Crippen LogP contribution in [0.15, 0.2) is 36.4 Å². The smallest absolute Gasteiger partial charge is 0.311 e. The highest BCUT2D eigenvalue weighted by Crippen LogP contribution is 2.44. The molecule has 0 aliphatic carbocycles. The van der Waals surface area contributed by atoms with Gasteiger partial charge in [-0.2, -0.15) is 0 Å². The third-order valence-corrected chi connectivity index (χ3v) is 4.14. The van der Waals surface area contributed by atoms with Gasteiger partial charge in [0.25, 0.3) is 0 Å². The highest BCUT2D eigenvalue weighted by atomic mass is 19.1. The second kappa shape index (κ2) is 6.38. The molecule has 120 valence electrons. The Labute approximate surface area is 133 Å². The molecule has 1 aliphatic heterocycles. The van der Waals surface area contributed by atoms with Gasteiger partial charge in [0.05, 0.1) is 6.42 Å². The molecule has 0 amide bonds. The minimum atomic E-state index is -0.699. The Morgan fingerprint density at radius 2 is 2.04 bits per heavy atom. The SMILES string of the molecule is NCCC1CC(=O)Oc2c1cc(F)c(O)c2Cc1ccccc1. The number of aromatic hydroxyl groups is 1. The maximum absolute atomic E-state index is 14.2. The van der Waals surface area contributed by atoms with Gasteiger partial charge in [0.2, 0.25) is 0 Å². The first-order valence-electron chi connectivity index (χ1n) is 7.59. The normalized spacial score (nSPS) is 16.8. The topological polar surface area (TPSA) is 72.6 Å². The standard InChI is InChI=1S/C18H18FNO3/c19-15-10-13-12(6-7-20)9-16(21)23-18(13)14(17(15)22)8-11-4-2-1-3-5-11/h1-5,10,12,22H,6-9,20H2. The fraction of sp³-hybridized carbons (Fsp3) is 0.278. The Balaban J connectivity index is 2.10. The number of phenolic OH excluding ortho intramolecular Hbond substituents is 1. The Bertz CT molecular complexity index is 731. The molecule has 0 bridgehead atoms. The van der Waals surface area contributed by atoms with Crippen molar-refractivity contribution in [2.45, 2.75) is 25.2 Å². The minimum Gasteiger partial charge on any atom is -0.505 e. The van der Waals surface area contributed by atoms with Crippen molar-refractivity contribution in [3.63, 3.8) is 0 Å². The first-order chi connectivity index (χ1) is 11.1. The van der Waals surface area contributed by atoms with Crippen LogP contribution in [0, 0.1) is 5.82 Å². The Hall–Kier alpha value is -2.40. The molecule has 0 fully saturated rings. The van der Waals surface area contributed by atoms with Gasteiger partial charge in [0.15, 0.2) is 11.6 Å². The second-order valence-electron chi connectivity index (χ2n) is 5.72. The zero-order valence-electron chi connectivity index (χ0n) is 12.6. The van der Waals surface area contributed by atoms with E-state index in [0.717, 1.165) is 5.56 Å². The van der Waals surface area contributed by atoms with Crippen molar-refractivity contribution >= 4 is 5.97 Å². The number of carbonyl (C=O) groups is 1. The van der Waals surface area contributed by atoms with Crippen LogP contribution < -0.4 is 10.5 Å². The number of nitrogens with two attached hydrogens (primary N) is 1. The van der Waals surface area contributed by atoms with Crippen molar-refractivity contribution in [3.8, 4) is 11.5 Å². The van der Waals surface area contributed by atoms with Gasteiger partial charge in [-0.1, -0.05) is 30.3 Å². The van der Waals surface area contributed by atoms with E-state index in [0.29, 0.717) is 24.1 Å². The summed E-state index contributed by atoms with van der Waals surface area (Å²) in [5, 5.41) is 10.1. The summed E-state index contributed by atoms with van der Waals surface area (Å²) in [7, 11) is 0. The average Bonchev–Trinajstić information content (AvgIpc) is 2.54. The molecule has 1 heterocycles. The number of halogens is 1. The van der Waals surface area contributed by atoms with E-state index < -0.39 is 11.6 Å². The average molecular weight is 315 g/mol.